The monoisotopic (exact) mass is 335 g/mol. The Morgan fingerprint density at radius 2 is 2.15 bits per heavy atom. The maximum atomic E-state index is 10.8. The van der Waals surface area contributed by atoms with Crippen LogP contribution in [0.25, 0.3) is 0 Å². The highest BCUT2D eigenvalue weighted by molar-refractivity contribution is 9.10. The zero-order valence-electron chi connectivity index (χ0n) is 11.0. The van der Waals surface area contributed by atoms with Gasteiger partial charge in [-0.15, -0.1) is 0 Å². The van der Waals surface area contributed by atoms with Crippen molar-refractivity contribution in [1.29, 1.82) is 0 Å². The molecule has 0 saturated heterocycles. The number of halogens is 1. The van der Waals surface area contributed by atoms with Crippen molar-refractivity contribution in [3.05, 3.63) is 67.9 Å². The van der Waals surface area contributed by atoms with Crippen molar-refractivity contribution in [3.8, 4) is 0 Å². The topological polar surface area (TPSA) is 68.1 Å². The fraction of sp³-hybridized carbons (Fsp3) is 0.214. The van der Waals surface area contributed by atoms with Crippen LogP contribution in [0.5, 0.6) is 0 Å². The maximum Gasteiger partial charge on any atom is 0.270 e. The van der Waals surface area contributed by atoms with Gasteiger partial charge >= 0.3 is 0 Å². The Kier molecular flexibility index (Phi) is 4.81. The van der Waals surface area contributed by atoms with Crippen LogP contribution in [0.2, 0.25) is 0 Å². The number of hydrogen-bond acceptors (Lipinski definition) is 4. The summed E-state index contributed by atoms with van der Waals surface area (Å²) < 4.78 is 0.712. The number of rotatable bonds is 5. The van der Waals surface area contributed by atoms with Crippen LogP contribution in [0.1, 0.15) is 16.7 Å². The lowest BCUT2D eigenvalue weighted by Crippen LogP contribution is -2.13. The van der Waals surface area contributed by atoms with Gasteiger partial charge in [0, 0.05) is 42.1 Å². The fourth-order valence-electron chi connectivity index (χ4n) is 1.88. The standard InChI is InChI=1S/C14H14BrN3O2/c1-10-7-16-3-2-12(10)9-17-8-11-4-13(15)6-14(5-11)18(19)20/h2-7,17H,8-9H2,1H3. The van der Waals surface area contributed by atoms with E-state index in [1.165, 1.54) is 11.6 Å². The summed E-state index contributed by atoms with van der Waals surface area (Å²) in [5.41, 5.74) is 3.26. The van der Waals surface area contributed by atoms with Crippen LogP contribution in [0.3, 0.4) is 0 Å². The van der Waals surface area contributed by atoms with E-state index in [9.17, 15) is 10.1 Å². The van der Waals surface area contributed by atoms with Crippen molar-refractivity contribution in [2.45, 2.75) is 20.0 Å². The quantitative estimate of drug-likeness (QED) is 0.672. The molecule has 1 aromatic carbocycles. The molecule has 1 N–H and O–H groups in total. The summed E-state index contributed by atoms with van der Waals surface area (Å²) in [6.45, 7) is 3.28. The van der Waals surface area contributed by atoms with Gasteiger partial charge in [0.25, 0.3) is 5.69 Å². The normalized spacial score (nSPS) is 10.5. The molecule has 0 saturated carbocycles. The van der Waals surface area contributed by atoms with Crippen molar-refractivity contribution >= 4 is 21.6 Å². The van der Waals surface area contributed by atoms with E-state index < -0.39 is 0 Å². The minimum Gasteiger partial charge on any atom is -0.309 e. The van der Waals surface area contributed by atoms with Crippen molar-refractivity contribution in [3.63, 3.8) is 0 Å². The first-order valence-electron chi connectivity index (χ1n) is 6.10. The molecule has 0 aliphatic heterocycles. The number of non-ortho nitro benzene ring substituents is 1. The lowest BCUT2D eigenvalue weighted by atomic mass is 10.1. The van der Waals surface area contributed by atoms with E-state index >= 15 is 0 Å². The minimum absolute atomic E-state index is 0.0938. The Hall–Kier alpha value is -1.79. The smallest absolute Gasteiger partial charge is 0.270 e. The molecule has 0 aliphatic rings. The van der Waals surface area contributed by atoms with E-state index in [0.29, 0.717) is 17.6 Å². The average molecular weight is 336 g/mol. The van der Waals surface area contributed by atoms with Crippen molar-refractivity contribution in [2.75, 3.05) is 0 Å². The minimum atomic E-state index is -0.388. The first-order valence-corrected chi connectivity index (χ1v) is 6.89. The predicted molar refractivity (Wildman–Crippen MR) is 80.3 cm³/mol. The number of nitro benzene ring substituents is 1. The van der Waals surface area contributed by atoms with Gasteiger partial charge in [0.15, 0.2) is 0 Å². The zero-order chi connectivity index (χ0) is 14.5. The molecular formula is C14H14BrN3O2. The molecule has 0 bridgehead atoms. The second-order valence-electron chi connectivity index (χ2n) is 4.48. The summed E-state index contributed by atoms with van der Waals surface area (Å²) in [6, 6.07) is 6.92. The van der Waals surface area contributed by atoms with Crippen molar-refractivity contribution in [2.24, 2.45) is 0 Å². The molecule has 5 nitrogen and oxygen atoms in total. The Bertz CT molecular complexity index is 632. The number of benzene rings is 1. The molecule has 0 aliphatic carbocycles. The molecule has 6 heteroatoms. The lowest BCUT2D eigenvalue weighted by molar-refractivity contribution is -0.385. The van der Waals surface area contributed by atoms with Gasteiger partial charge in [-0.05, 0) is 35.7 Å². The van der Waals surface area contributed by atoms with Gasteiger partial charge < -0.3 is 5.32 Å². The largest absolute Gasteiger partial charge is 0.309 e. The third-order valence-electron chi connectivity index (χ3n) is 2.93. The summed E-state index contributed by atoms with van der Waals surface area (Å²) in [4.78, 5) is 14.5. The first kappa shape index (κ1) is 14.6. The number of nitro groups is 1. The summed E-state index contributed by atoms with van der Waals surface area (Å²) in [7, 11) is 0. The van der Waals surface area contributed by atoms with Crippen LogP contribution in [0, 0.1) is 17.0 Å². The van der Waals surface area contributed by atoms with E-state index in [1.807, 2.05) is 25.3 Å². The number of nitrogens with zero attached hydrogens (tertiary/aromatic N) is 2. The summed E-state index contributed by atoms with van der Waals surface area (Å²) in [6.07, 6.45) is 3.58. The highest BCUT2D eigenvalue weighted by Gasteiger charge is 2.08. The Balaban J connectivity index is 2.01. The molecule has 0 unspecified atom stereocenters. The molecule has 20 heavy (non-hydrogen) atoms. The Morgan fingerprint density at radius 1 is 1.35 bits per heavy atom. The molecule has 0 atom stereocenters. The number of pyridine rings is 1. The number of hydrogen-bond donors (Lipinski definition) is 1. The van der Waals surface area contributed by atoms with E-state index in [1.54, 1.807) is 12.3 Å². The SMILES string of the molecule is Cc1cnccc1CNCc1cc(Br)cc([N+](=O)[O-])c1. The molecule has 2 aromatic rings. The second-order valence-corrected chi connectivity index (χ2v) is 5.40. The fourth-order valence-corrected chi connectivity index (χ4v) is 2.41. The van der Waals surface area contributed by atoms with Gasteiger partial charge in [0.05, 0.1) is 4.92 Å². The van der Waals surface area contributed by atoms with Gasteiger partial charge in [0.2, 0.25) is 0 Å². The van der Waals surface area contributed by atoms with E-state index in [0.717, 1.165) is 11.1 Å². The van der Waals surface area contributed by atoms with Gasteiger partial charge in [-0.2, -0.15) is 0 Å². The number of nitrogens with one attached hydrogen (secondary N) is 1. The summed E-state index contributed by atoms with van der Waals surface area (Å²) in [5.74, 6) is 0. The van der Waals surface area contributed by atoms with Crippen molar-refractivity contribution < 1.29 is 4.92 Å². The third-order valence-corrected chi connectivity index (χ3v) is 3.39. The highest BCUT2D eigenvalue weighted by Crippen LogP contribution is 2.21. The molecule has 0 fully saturated rings. The van der Waals surface area contributed by atoms with Crippen molar-refractivity contribution in [1.82, 2.24) is 10.3 Å². The van der Waals surface area contributed by atoms with Crippen LogP contribution in [-0.4, -0.2) is 9.91 Å². The number of aromatic nitrogens is 1. The van der Waals surface area contributed by atoms with Crippen LogP contribution in [0.4, 0.5) is 5.69 Å². The molecule has 104 valence electrons. The van der Waals surface area contributed by atoms with E-state index in [-0.39, 0.29) is 10.6 Å². The van der Waals surface area contributed by atoms with Gasteiger partial charge in [0.1, 0.15) is 0 Å². The lowest BCUT2D eigenvalue weighted by Gasteiger charge is -2.07. The Morgan fingerprint density at radius 3 is 2.85 bits per heavy atom. The predicted octanol–water partition coefficient (Wildman–Crippen LogP) is 3.35. The third kappa shape index (κ3) is 3.85. The molecule has 0 spiro atoms. The molecule has 1 heterocycles. The van der Waals surface area contributed by atoms with Gasteiger partial charge in [-0.1, -0.05) is 15.9 Å². The van der Waals surface area contributed by atoms with Gasteiger partial charge in [-0.25, -0.2) is 0 Å². The average Bonchev–Trinajstić information content (AvgIpc) is 2.40. The first-order chi connectivity index (χ1) is 9.56. The van der Waals surface area contributed by atoms with Crippen LogP contribution in [0.15, 0.2) is 41.1 Å². The van der Waals surface area contributed by atoms with E-state index in [2.05, 4.69) is 26.2 Å². The summed E-state index contributed by atoms with van der Waals surface area (Å²) in [5, 5.41) is 14.1. The van der Waals surface area contributed by atoms with Crippen LogP contribution < -0.4 is 5.32 Å². The van der Waals surface area contributed by atoms with Gasteiger partial charge in [-0.3, -0.25) is 15.1 Å². The molecular weight excluding hydrogens is 322 g/mol. The van der Waals surface area contributed by atoms with Crippen LogP contribution in [-0.2, 0) is 13.1 Å². The Labute approximate surface area is 125 Å². The number of aryl methyl sites for hydroxylation is 1. The molecule has 0 amide bonds. The summed E-state index contributed by atoms with van der Waals surface area (Å²) >= 11 is 3.29. The molecule has 0 radical (unpaired) electrons. The zero-order valence-corrected chi connectivity index (χ0v) is 12.6. The molecule has 1 aromatic heterocycles. The molecule has 2 rings (SSSR count). The van der Waals surface area contributed by atoms with E-state index in [4.69, 9.17) is 0 Å². The maximum absolute atomic E-state index is 10.8. The second kappa shape index (κ2) is 6.58. The highest BCUT2D eigenvalue weighted by atomic mass is 79.9. The van der Waals surface area contributed by atoms with Crippen LogP contribution >= 0.6 is 15.9 Å².